The van der Waals surface area contributed by atoms with E-state index in [1.54, 1.807) is 24.4 Å². The molecule has 2 aromatic rings. The number of halogens is 3. The third-order valence-corrected chi connectivity index (χ3v) is 3.47. The number of amides is 1. The minimum Gasteiger partial charge on any atom is -0.478 e. The summed E-state index contributed by atoms with van der Waals surface area (Å²) in [6, 6.07) is 5.30. The topological polar surface area (TPSA) is 137 Å². The van der Waals surface area contributed by atoms with E-state index in [4.69, 9.17) is 15.9 Å². The van der Waals surface area contributed by atoms with Crippen LogP contribution < -0.4 is 5.73 Å². The summed E-state index contributed by atoms with van der Waals surface area (Å²) in [5.41, 5.74) is 7.96. The Hall–Kier alpha value is -3.50. The summed E-state index contributed by atoms with van der Waals surface area (Å²) in [7, 11) is 1.14. The van der Waals surface area contributed by atoms with Gasteiger partial charge in [0.15, 0.2) is 0 Å². The van der Waals surface area contributed by atoms with Gasteiger partial charge in [0, 0.05) is 48.5 Å². The molecular weight excluding hydrogens is 383 g/mol. The van der Waals surface area contributed by atoms with Gasteiger partial charge in [0.25, 0.3) is 0 Å². The highest BCUT2D eigenvalue weighted by Crippen LogP contribution is 2.22. The van der Waals surface area contributed by atoms with Crippen LogP contribution in [0.1, 0.15) is 5.56 Å². The van der Waals surface area contributed by atoms with Gasteiger partial charge in [-0.05, 0) is 30.2 Å². The molecule has 0 saturated heterocycles. The summed E-state index contributed by atoms with van der Waals surface area (Å²) in [4.78, 5) is 33.8. The summed E-state index contributed by atoms with van der Waals surface area (Å²) < 4.78 is 36.8. The number of nitrogens with zero attached hydrogens (tertiary/aromatic N) is 1. The molecule has 0 unspecified atom stereocenters. The maximum atomic E-state index is 12.3. The number of rotatable bonds is 5. The molecule has 0 spiro atoms. The van der Waals surface area contributed by atoms with Crippen molar-refractivity contribution in [2.24, 2.45) is 0 Å². The van der Waals surface area contributed by atoms with E-state index in [1.165, 1.54) is 0 Å². The molecule has 1 amide bonds. The number of aliphatic carboxylic acids is 2. The normalized spacial score (nSPS) is 11.1. The van der Waals surface area contributed by atoms with Gasteiger partial charge in [-0.15, -0.1) is 0 Å². The van der Waals surface area contributed by atoms with Gasteiger partial charge >= 0.3 is 24.0 Å². The number of likely N-dealkylation sites (N-methyl/N-ethyl adjacent to an activating group) is 1. The molecule has 0 radical (unpaired) electrons. The second kappa shape index (κ2) is 9.44. The van der Waals surface area contributed by atoms with Gasteiger partial charge < -0.3 is 25.8 Å². The van der Waals surface area contributed by atoms with Crippen LogP contribution in [0.5, 0.6) is 0 Å². The van der Waals surface area contributed by atoms with Crippen molar-refractivity contribution >= 4 is 34.4 Å². The molecule has 0 atom stereocenters. The van der Waals surface area contributed by atoms with E-state index >= 15 is 0 Å². The van der Waals surface area contributed by atoms with Crippen LogP contribution in [0, 0.1) is 0 Å². The highest BCUT2D eigenvalue weighted by molar-refractivity contribution is 5.89. The monoisotopic (exact) mass is 401 g/mol. The number of fused-ring (bicyclic) bond motifs is 1. The number of carbonyl (C=O) groups excluding carboxylic acids is 1. The molecule has 152 valence electrons. The first-order valence-electron chi connectivity index (χ1n) is 7.73. The molecule has 2 rings (SSSR count). The number of carboxylic acids is 2. The zero-order valence-corrected chi connectivity index (χ0v) is 14.7. The molecule has 1 aromatic carbocycles. The molecular formula is C17H18F3N3O5. The van der Waals surface area contributed by atoms with Crippen LogP contribution in [0.3, 0.4) is 0 Å². The fourth-order valence-electron chi connectivity index (χ4n) is 2.15. The van der Waals surface area contributed by atoms with E-state index < -0.39 is 24.0 Å². The van der Waals surface area contributed by atoms with E-state index in [2.05, 4.69) is 4.98 Å². The molecule has 0 saturated carbocycles. The fraction of sp³-hybridized carbons (Fsp3) is 0.235. The molecule has 11 heteroatoms. The number of nitrogens with two attached hydrogens (primary N) is 1. The number of benzene rings is 1. The number of anilines is 1. The molecule has 1 heterocycles. The number of carboxylic acid groups (broad SMARTS) is 2. The van der Waals surface area contributed by atoms with E-state index in [0.29, 0.717) is 29.2 Å². The number of aromatic amines is 1. The van der Waals surface area contributed by atoms with Crippen LogP contribution in [0.15, 0.2) is 36.5 Å². The number of nitrogen functional groups attached to an aromatic ring is 1. The minimum absolute atomic E-state index is 0.0138. The lowest BCUT2D eigenvalue weighted by Crippen LogP contribution is -2.39. The second-order valence-electron chi connectivity index (χ2n) is 5.60. The number of aromatic nitrogens is 1. The van der Waals surface area contributed by atoms with Crippen LogP contribution in [0.4, 0.5) is 18.9 Å². The lowest BCUT2D eigenvalue weighted by molar-refractivity contribution is -0.184. The van der Waals surface area contributed by atoms with Gasteiger partial charge in [0.2, 0.25) is 0 Å². The quantitative estimate of drug-likeness (QED) is 0.447. The Morgan fingerprint density at radius 1 is 1.18 bits per heavy atom. The van der Waals surface area contributed by atoms with Crippen molar-refractivity contribution in [2.75, 3.05) is 19.3 Å². The van der Waals surface area contributed by atoms with Gasteiger partial charge in [0.1, 0.15) is 0 Å². The van der Waals surface area contributed by atoms with Gasteiger partial charge in [0.05, 0.1) is 0 Å². The molecule has 1 aromatic heterocycles. The van der Waals surface area contributed by atoms with Gasteiger partial charge in [-0.1, -0.05) is 0 Å². The zero-order valence-electron chi connectivity index (χ0n) is 14.7. The van der Waals surface area contributed by atoms with Gasteiger partial charge in [-0.3, -0.25) is 4.79 Å². The van der Waals surface area contributed by atoms with Crippen molar-refractivity contribution in [3.05, 3.63) is 42.1 Å². The largest absolute Gasteiger partial charge is 0.478 e. The number of hydrogen-bond acceptors (Lipinski definition) is 4. The maximum Gasteiger partial charge on any atom is 0.471 e. The van der Waals surface area contributed by atoms with Crippen LogP contribution in [0.25, 0.3) is 10.9 Å². The highest BCUT2D eigenvalue weighted by Gasteiger charge is 2.40. The molecule has 0 aliphatic carbocycles. The Balaban J connectivity index is 0.000000416. The second-order valence-corrected chi connectivity index (χ2v) is 5.60. The molecule has 0 bridgehead atoms. The lowest BCUT2D eigenvalue weighted by Gasteiger charge is -2.18. The zero-order chi connectivity index (χ0) is 21.5. The van der Waals surface area contributed by atoms with Crippen LogP contribution in [-0.2, 0) is 20.8 Å². The van der Waals surface area contributed by atoms with Gasteiger partial charge in [-0.25, -0.2) is 9.59 Å². The summed E-state index contributed by atoms with van der Waals surface area (Å²) in [6.07, 6.45) is -1.68. The molecule has 0 fully saturated rings. The first kappa shape index (κ1) is 22.5. The van der Waals surface area contributed by atoms with Crippen molar-refractivity contribution < 1.29 is 37.8 Å². The van der Waals surface area contributed by atoms with Crippen molar-refractivity contribution in [1.29, 1.82) is 0 Å². The number of carbonyl (C=O) groups is 3. The molecule has 28 heavy (non-hydrogen) atoms. The van der Waals surface area contributed by atoms with Crippen molar-refractivity contribution in [3.63, 3.8) is 0 Å². The Kier molecular flexibility index (Phi) is 7.60. The molecule has 5 N–H and O–H groups in total. The summed E-state index contributed by atoms with van der Waals surface area (Å²) >= 11 is 0. The average Bonchev–Trinajstić information content (AvgIpc) is 2.99. The highest BCUT2D eigenvalue weighted by atomic mass is 19.4. The third kappa shape index (κ3) is 7.02. The van der Waals surface area contributed by atoms with E-state index in [0.717, 1.165) is 23.5 Å². The average molecular weight is 401 g/mol. The summed E-state index contributed by atoms with van der Waals surface area (Å²) in [5, 5.41) is 16.5. The van der Waals surface area contributed by atoms with Gasteiger partial charge in [-0.2, -0.15) is 13.2 Å². The van der Waals surface area contributed by atoms with Crippen LogP contribution >= 0.6 is 0 Å². The predicted octanol–water partition coefficient (Wildman–Crippen LogP) is 2.03. The van der Waals surface area contributed by atoms with Crippen LogP contribution in [0.2, 0.25) is 0 Å². The number of H-pyrrole nitrogens is 1. The molecule has 0 aliphatic rings. The van der Waals surface area contributed by atoms with Crippen molar-refractivity contribution in [3.8, 4) is 0 Å². The number of alkyl halides is 3. The smallest absolute Gasteiger partial charge is 0.471 e. The van der Waals surface area contributed by atoms with E-state index in [9.17, 15) is 27.6 Å². The first-order chi connectivity index (χ1) is 12.9. The Morgan fingerprint density at radius 2 is 1.75 bits per heavy atom. The summed E-state index contributed by atoms with van der Waals surface area (Å²) in [5.74, 6) is -4.35. The van der Waals surface area contributed by atoms with Crippen LogP contribution in [-0.4, -0.2) is 57.7 Å². The predicted molar refractivity (Wildman–Crippen MR) is 94.5 cm³/mol. The number of nitrogens with one attached hydrogen (secondary N) is 1. The lowest BCUT2D eigenvalue weighted by atomic mass is 10.1. The minimum atomic E-state index is -4.83. The third-order valence-electron chi connectivity index (χ3n) is 3.47. The molecule has 8 nitrogen and oxygen atoms in total. The van der Waals surface area contributed by atoms with Crippen molar-refractivity contribution in [1.82, 2.24) is 9.88 Å². The SMILES string of the molecule is CN(CCc1c[nH]c2ccc(N)cc12)C(=O)C(F)(F)F.O=C(O)/C=C/C(=O)O. The fourth-order valence-corrected chi connectivity index (χ4v) is 2.15. The maximum absolute atomic E-state index is 12.3. The summed E-state index contributed by atoms with van der Waals surface area (Å²) in [6.45, 7) is -0.0138. The Bertz CT molecular complexity index is 874. The van der Waals surface area contributed by atoms with E-state index in [-0.39, 0.29) is 6.54 Å². The first-order valence-corrected chi connectivity index (χ1v) is 7.73. The number of hydrogen-bond donors (Lipinski definition) is 4. The molecule has 0 aliphatic heterocycles. The van der Waals surface area contributed by atoms with E-state index in [1.807, 2.05) is 0 Å². The Morgan fingerprint density at radius 3 is 2.25 bits per heavy atom. The standard InChI is InChI=1S/C13H14F3N3O.C4H4O4/c1-19(12(20)13(14,15)16)5-4-8-7-18-11-3-2-9(17)6-10(8)11;5-3(6)1-2-4(7)8/h2-3,6-7,18H,4-5,17H2,1H3;1-2H,(H,5,6)(H,7,8)/b;2-1+. The van der Waals surface area contributed by atoms with Crippen molar-refractivity contribution in [2.45, 2.75) is 12.6 Å². The Labute approximate surface area is 157 Å².